The van der Waals surface area contributed by atoms with E-state index < -0.39 is 23.5 Å². The van der Waals surface area contributed by atoms with Gasteiger partial charge in [-0.05, 0) is 24.5 Å². The Kier molecular flexibility index (Phi) is 4.86. The van der Waals surface area contributed by atoms with Crippen LogP contribution in [-0.2, 0) is 11.8 Å². The Morgan fingerprint density at radius 3 is 2.58 bits per heavy atom. The van der Waals surface area contributed by atoms with Gasteiger partial charge in [-0.1, -0.05) is 13.8 Å². The Morgan fingerprint density at radius 1 is 1.42 bits per heavy atom. The average Bonchev–Trinajstić information content (AvgIpc) is 2.31. The van der Waals surface area contributed by atoms with Crippen molar-refractivity contribution in [1.82, 2.24) is 9.88 Å². The maximum absolute atomic E-state index is 11.9. The highest BCUT2D eigenvalue weighted by Gasteiger charge is 2.22. The Balaban J connectivity index is 2.91. The summed E-state index contributed by atoms with van der Waals surface area (Å²) in [6.07, 6.45) is 1.84. The van der Waals surface area contributed by atoms with Crippen molar-refractivity contribution in [1.29, 1.82) is 0 Å². The highest BCUT2D eigenvalue weighted by Crippen LogP contribution is 2.05. The van der Waals surface area contributed by atoms with Gasteiger partial charge in [0.05, 0.1) is 0 Å². The Bertz CT molecular complexity index is 534. The molecule has 1 heterocycles. The van der Waals surface area contributed by atoms with E-state index in [2.05, 4.69) is 5.32 Å². The van der Waals surface area contributed by atoms with E-state index in [1.165, 1.54) is 23.9 Å². The van der Waals surface area contributed by atoms with Crippen LogP contribution in [0.2, 0.25) is 0 Å². The van der Waals surface area contributed by atoms with Crippen molar-refractivity contribution in [2.24, 2.45) is 13.0 Å². The second kappa shape index (κ2) is 6.17. The predicted molar refractivity (Wildman–Crippen MR) is 70.0 cm³/mol. The molecule has 6 heteroatoms. The standard InChI is InChI=1S/C13H18N2O4/c1-8(2)7-10(13(18)19)14-11(16)9-5-4-6-15(3)12(9)17/h4-6,8,10H,7H2,1-3H3,(H,14,16)(H,18,19)/t10-/m1/s1. The van der Waals surface area contributed by atoms with Crippen LogP contribution in [0.5, 0.6) is 0 Å². The smallest absolute Gasteiger partial charge is 0.326 e. The van der Waals surface area contributed by atoms with Crippen LogP contribution in [0.4, 0.5) is 0 Å². The van der Waals surface area contributed by atoms with E-state index in [0.29, 0.717) is 6.42 Å². The van der Waals surface area contributed by atoms with Gasteiger partial charge in [-0.2, -0.15) is 0 Å². The number of hydrogen-bond donors (Lipinski definition) is 2. The number of carboxylic acids is 1. The molecule has 0 fully saturated rings. The molecule has 0 spiro atoms. The van der Waals surface area contributed by atoms with E-state index in [1.54, 1.807) is 6.07 Å². The van der Waals surface area contributed by atoms with E-state index in [-0.39, 0.29) is 11.5 Å². The summed E-state index contributed by atoms with van der Waals surface area (Å²) in [7, 11) is 1.53. The van der Waals surface area contributed by atoms with Crippen molar-refractivity contribution >= 4 is 11.9 Å². The van der Waals surface area contributed by atoms with Gasteiger partial charge in [0.25, 0.3) is 11.5 Å². The fourth-order valence-corrected chi connectivity index (χ4v) is 1.70. The minimum absolute atomic E-state index is 0.0555. The third-order valence-corrected chi connectivity index (χ3v) is 2.68. The molecule has 2 N–H and O–H groups in total. The maximum Gasteiger partial charge on any atom is 0.326 e. The number of aryl methyl sites for hydroxylation is 1. The monoisotopic (exact) mass is 266 g/mol. The molecule has 1 amide bonds. The number of rotatable bonds is 5. The van der Waals surface area contributed by atoms with E-state index in [0.717, 1.165) is 0 Å². The van der Waals surface area contributed by atoms with E-state index in [9.17, 15) is 14.4 Å². The van der Waals surface area contributed by atoms with Gasteiger partial charge in [-0.15, -0.1) is 0 Å². The van der Waals surface area contributed by atoms with Crippen LogP contribution in [0.3, 0.4) is 0 Å². The molecular formula is C13H18N2O4. The van der Waals surface area contributed by atoms with Gasteiger partial charge >= 0.3 is 5.97 Å². The minimum atomic E-state index is -1.10. The third-order valence-electron chi connectivity index (χ3n) is 2.68. The largest absolute Gasteiger partial charge is 0.480 e. The quantitative estimate of drug-likeness (QED) is 0.817. The first-order valence-electron chi connectivity index (χ1n) is 6.02. The molecule has 0 aliphatic carbocycles. The van der Waals surface area contributed by atoms with Crippen LogP contribution in [0.15, 0.2) is 23.1 Å². The number of pyridine rings is 1. The number of aliphatic carboxylic acids is 1. The number of carboxylic acid groups (broad SMARTS) is 1. The van der Waals surface area contributed by atoms with Gasteiger partial charge in [0.15, 0.2) is 0 Å². The van der Waals surface area contributed by atoms with E-state index in [1.807, 2.05) is 13.8 Å². The van der Waals surface area contributed by atoms with Crippen molar-refractivity contribution in [3.8, 4) is 0 Å². The van der Waals surface area contributed by atoms with Crippen LogP contribution >= 0.6 is 0 Å². The van der Waals surface area contributed by atoms with Crippen molar-refractivity contribution in [2.75, 3.05) is 0 Å². The summed E-state index contributed by atoms with van der Waals surface area (Å²) in [4.78, 5) is 34.7. The Labute approximate surface area is 111 Å². The summed E-state index contributed by atoms with van der Waals surface area (Å²) < 4.78 is 1.27. The molecule has 0 aliphatic rings. The summed E-state index contributed by atoms with van der Waals surface area (Å²) in [6.45, 7) is 3.73. The molecule has 1 aromatic rings. The predicted octanol–water partition coefficient (Wildman–Crippen LogP) is 0.614. The van der Waals surface area contributed by atoms with E-state index in [4.69, 9.17) is 5.11 Å². The fraction of sp³-hybridized carbons (Fsp3) is 0.462. The molecule has 104 valence electrons. The van der Waals surface area contributed by atoms with Crippen LogP contribution in [0, 0.1) is 5.92 Å². The number of hydrogen-bond acceptors (Lipinski definition) is 3. The Hall–Kier alpha value is -2.11. The number of aromatic nitrogens is 1. The first-order valence-corrected chi connectivity index (χ1v) is 6.02. The highest BCUT2D eigenvalue weighted by atomic mass is 16.4. The second-order valence-corrected chi connectivity index (χ2v) is 4.83. The molecular weight excluding hydrogens is 248 g/mol. The summed E-state index contributed by atoms with van der Waals surface area (Å²) in [5, 5.41) is 11.4. The number of nitrogens with one attached hydrogen (secondary N) is 1. The zero-order valence-electron chi connectivity index (χ0n) is 11.2. The lowest BCUT2D eigenvalue weighted by Gasteiger charge is -2.16. The lowest BCUT2D eigenvalue weighted by atomic mass is 10.0. The summed E-state index contributed by atoms with van der Waals surface area (Å²) >= 11 is 0. The topological polar surface area (TPSA) is 88.4 Å². The average molecular weight is 266 g/mol. The molecule has 19 heavy (non-hydrogen) atoms. The third kappa shape index (κ3) is 3.94. The van der Waals surface area contributed by atoms with Crippen LogP contribution in [0.25, 0.3) is 0 Å². The number of nitrogens with zero attached hydrogens (tertiary/aromatic N) is 1. The first kappa shape index (κ1) is 14.9. The van der Waals surface area contributed by atoms with Crippen LogP contribution < -0.4 is 10.9 Å². The van der Waals surface area contributed by atoms with Gasteiger partial charge in [0.1, 0.15) is 11.6 Å². The number of carbonyl (C=O) groups excluding carboxylic acids is 1. The van der Waals surface area contributed by atoms with Crippen LogP contribution in [-0.4, -0.2) is 27.6 Å². The van der Waals surface area contributed by atoms with E-state index >= 15 is 0 Å². The zero-order valence-corrected chi connectivity index (χ0v) is 11.2. The summed E-state index contributed by atoms with van der Waals surface area (Å²) in [6, 6.07) is 1.96. The first-order chi connectivity index (χ1) is 8.82. The molecule has 0 bridgehead atoms. The van der Waals surface area contributed by atoms with Gasteiger partial charge in [0.2, 0.25) is 0 Å². The molecule has 1 atom stereocenters. The van der Waals surface area contributed by atoms with Crippen molar-refractivity contribution in [2.45, 2.75) is 26.3 Å². The zero-order chi connectivity index (χ0) is 14.6. The van der Waals surface area contributed by atoms with Crippen LogP contribution in [0.1, 0.15) is 30.6 Å². The maximum atomic E-state index is 11.9. The van der Waals surface area contributed by atoms with Gasteiger partial charge < -0.3 is 15.0 Å². The molecule has 0 unspecified atom stereocenters. The molecule has 1 rings (SSSR count). The second-order valence-electron chi connectivity index (χ2n) is 4.83. The summed E-state index contributed by atoms with van der Waals surface area (Å²) in [5.41, 5.74) is -0.506. The van der Waals surface area contributed by atoms with Crippen molar-refractivity contribution in [3.63, 3.8) is 0 Å². The molecule has 0 aromatic carbocycles. The molecule has 6 nitrogen and oxygen atoms in total. The normalized spacial score (nSPS) is 12.2. The van der Waals surface area contributed by atoms with Gasteiger partial charge in [-0.25, -0.2) is 4.79 Å². The highest BCUT2D eigenvalue weighted by molar-refractivity contribution is 5.96. The number of amides is 1. The van der Waals surface area contributed by atoms with Crippen molar-refractivity contribution < 1.29 is 14.7 Å². The Morgan fingerprint density at radius 2 is 2.05 bits per heavy atom. The lowest BCUT2D eigenvalue weighted by Crippen LogP contribution is -2.43. The molecule has 0 aliphatic heterocycles. The molecule has 0 radical (unpaired) electrons. The minimum Gasteiger partial charge on any atom is -0.480 e. The fourth-order valence-electron chi connectivity index (χ4n) is 1.70. The molecule has 0 saturated heterocycles. The number of carbonyl (C=O) groups is 2. The SMILES string of the molecule is CC(C)C[C@@H](NC(=O)c1cccn(C)c1=O)C(=O)O. The van der Waals surface area contributed by atoms with Crippen molar-refractivity contribution in [3.05, 3.63) is 34.2 Å². The molecule has 0 saturated carbocycles. The summed E-state index contributed by atoms with van der Waals surface area (Å²) in [5.74, 6) is -1.64. The molecule has 1 aromatic heterocycles. The lowest BCUT2D eigenvalue weighted by molar-refractivity contribution is -0.139. The van der Waals surface area contributed by atoms with Gasteiger partial charge in [-0.3, -0.25) is 9.59 Å². The van der Waals surface area contributed by atoms with Gasteiger partial charge in [0, 0.05) is 13.2 Å².